The van der Waals surface area contributed by atoms with E-state index in [-0.39, 0.29) is 12.1 Å². The Kier molecular flexibility index (Phi) is 5.09. The number of rotatable bonds is 5. The van der Waals surface area contributed by atoms with Crippen LogP contribution in [-0.4, -0.2) is 18.1 Å². The number of carbonyl (C=O) groups excluding carboxylic acids is 1. The van der Waals surface area contributed by atoms with Crippen molar-refractivity contribution in [2.75, 3.05) is 12.4 Å². The van der Waals surface area contributed by atoms with E-state index >= 15 is 0 Å². The van der Waals surface area contributed by atoms with E-state index in [0.717, 1.165) is 16.1 Å². The van der Waals surface area contributed by atoms with Crippen LogP contribution in [0, 0.1) is 0 Å². The van der Waals surface area contributed by atoms with Crippen LogP contribution in [0.25, 0.3) is 0 Å². The van der Waals surface area contributed by atoms with Crippen LogP contribution in [0.5, 0.6) is 0 Å². The number of amides is 2. The normalized spacial score (nSPS) is 11.9. The van der Waals surface area contributed by atoms with Gasteiger partial charge in [0.25, 0.3) is 0 Å². The summed E-state index contributed by atoms with van der Waals surface area (Å²) in [5.74, 6) is 0. The molecule has 1 aromatic carbocycles. The Hall–Kier alpha value is -1.92. The van der Waals surface area contributed by atoms with Crippen LogP contribution in [-0.2, 0) is 6.54 Å². The third kappa shape index (κ3) is 4.04. The highest BCUT2D eigenvalue weighted by atomic mass is 32.1. The lowest BCUT2D eigenvalue weighted by molar-refractivity contribution is 0.252. The average Bonchev–Trinajstić information content (AvgIpc) is 2.98. The first-order valence-corrected chi connectivity index (χ1v) is 7.26. The molecule has 5 nitrogen and oxygen atoms in total. The van der Waals surface area contributed by atoms with Crippen LogP contribution in [0.1, 0.15) is 23.4 Å². The number of benzene rings is 1. The summed E-state index contributed by atoms with van der Waals surface area (Å²) >= 11 is 1.52. The Labute approximate surface area is 122 Å². The first-order valence-electron chi connectivity index (χ1n) is 6.38. The quantitative estimate of drug-likeness (QED) is 0.793. The predicted octanol–water partition coefficient (Wildman–Crippen LogP) is 2.75. The van der Waals surface area contributed by atoms with Gasteiger partial charge in [-0.1, -0.05) is 12.1 Å². The van der Waals surface area contributed by atoms with Gasteiger partial charge in [-0.05, 0) is 31.7 Å². The third-order valence-electron chi connectivity index (χ3n) is 2.98. The van der Waals surface area contributed by atoms with Crippen LogP contribution < -0.4 is 16.0 Å². The summed E-state index contributed by atoms with van der Waals surface area (Å²) in [5, 5.41) is 8.80. The largest absolute Gasteiger partial charge is 0.333 e. The van der Waals surface area contributed by atoms with Gasteiger partial charge in [0.15, 0.2) is 0 Å². The molecule has 0 spiro atoms. The fourth-order valence-corrected chi connectivity index (χ4v) is 2.26. The first kappa shape index (κ1) is 14.5. The number of anilines is 1. The highest BCUT2D eigenvalue weighted by molar-refractivity contribution is 7.09. The molecule has 1 unspecified atom stereocenters. The summed E-state index contributed by atoms with van der Waals surface area (Å²) in [4.78, 5) is 16.8. The number of thiazole rings is 1. The van der Waals surface area contributed by atoms with E-state index < -0.39 is 0 Å². The van der Waals surface area contributed by atoms with Crippen LogP contribution in [0.15, 0.2) is 36.0 Å². The van der Waals surface area contributed by atoms with Crippen molar-refractivity contribution in [2.24, 2.45) is 0 Å². The van der Waals surface area contributed by atoms with Crippen molar-refractivity contribution in [2.45, 2.75) is 19.5 Å². The Balaban J connectivity index is 1.90. The summed E-state index contributed by atoms with van der Waals surface area (Å²) in [6.45, 7) is 2.56. The van der Waals surface area contributed by atoms with Gasteiger partial charge < -0.3 is 16.0 Å². The zero-order valence-electron chi connectivity index (χ0n) is 11.5. The molecule has 0 fully saturated rings. The molecular formula is C14H18N4OS. The fourth-order valence-electron chi connectivity index (χ4n) is 1.72. The maximum absolute atomic E-state index is 11.8. The SMILES string of the molecule is CNC(C)c1cccc(NC(=O)NCc2cncs2)c1. The Morgan fingerprint density at radius 3 is 3.00 bits per heavy atom. The minimum Gasteiger partial charge on any atom is -0.333 e. The summed E-state index contributed by atoms with van der Waals surface area (Å²) in [6.07, 6.45) is 1.75. The van der Waals surface area contributed by atoms with Crippen LogP contribution in [0.2, 0.25) is 0 Å². The van der Waals surface area contributed by atoms with E-state index in [1.54, 1.807) is 11.7 Å². The predicted molar refractivity (Wildman–Crippen MR) is 81.9 cm³/mol. The molecule has 2 aromatic rings. The molecular weight excluding hydrogens is 272 g/mol. The smallest absolute Gasteiger partial charge is 0.319 e. The van der Waals surface area contributed by atoms with Gasteiger partial charge >= 0.3 is 6.03 Å². The molecule has 0 saturated heterocycles. The van der Waals surface area contributed by atoms with Crippen LogP contribution in [0.3, 0.4) is 0 Å². The van der Waals surface area contributed by atoms with Crippen LogP contribution >= 0.6 is 11.3 Å². The molecule has 6 heteroatoms. The number of urea groups is 1. The van der Waals surface area contributed by atoms with Crippen molar-refractivity contribution in [1.29, 1.82) is 0 Å². The molecule has 0 aliphatic carbocycles. The van der Waals surface area contributed by atoms with Crippen LogP contribution in [0.4, 0.5) is 10.5 Å². The maximum Gasteiger partial charge on any atom is 0.319 e. The van der Waals surface area contributed by atoms with Gasteiger partial charge in [0.05, 0.1) is 12.1 Å². The van der Waals surface area contributed by atoms with Gasteiger partial charge in [-0.15, -0.1) is 11.3 Å². The van der Waals surface area contributed by atoms with Gasteiger partial charge in [-0.3, -0.25) is 4.98 Å². The number of hydrogen-bond donors (Lipinski definition) is 3. The molecule has 3 N–H and O–H groups in total. The molecule has 0 radical (unpaired) electrons. The first-order chi connectivity index (χ1) is 9.69. The van der Waals surface area contributed by atoms with E-state index in [9.17, 15) is 4.79 Å². The highest BCUT2D eigenvalue weighted by Crippen LogP contribution is 2.16. The lowest BCUT2D eigenvalue weighted by Crippen LogP contribution is -2.28. The molecule has 0 aliphatic rings. The molecule has 1 atom stereocenters. The second-order valence-corrected chi connectivity index (χ2v) is 5.38. The monoisotopic (exact) mass is 290 g/mol. The molecule has 20 heavy (non-hydrogen) atoms. The number of carbonyl (C=O) groups is 1. The highest BCUT2D eigenvalue weighted by Gasteiger charge is 2.06. The number of nitrogens with one attached hydrogen (secondary N) is 3. The second kappa shape index (κ2) is 7.02. The van der Waals surface area contributed by atoms with Crippen molar-refractivity contribution >= 4 is 23.1 Å². The fraction of sp³-hybridized carbons (Fsp3) is 0.286. The lowest BCUT2D eigenvalue weighted by Gasteiger charge is -2.13. The van der Waals surface area contributed by atoms with Gasteiger partial charge in [-0.2, -0.15) is 0 Å². The van der Waals surface area contributed by atoms with Crippen molar-refractivity contribution < 1.29 is 4.79 Å². The van der Waals surface area contributed by atoms with Gasteiger partial charge in [0.2, 0.25) is 0 Å². The van der Waals surface area contributed by atoms with Gasteiger partial charge in [0, 0.05) is 22.8 Å². The zero-order chi connectivity index (χ0) is 14.4. The summed E-state index contributed by atoms with van der Waals surface area (Å²) < 4.78 is 0. The van der Waals surface area contributed by atoms with E-state index in [4.69, 9.17) is 0 Å². The lowest BCUT2D eigenvalue weighted by atomic mass is 10.1. The van der Waals surface area contributed by atoms with Gasteiger partial charge in [0.1, 0.15) is 0 Å². The average molecular weight is 290 g/mol. The Morgan fingerprint density at radius 1 is 1.45 bits per heavy atom. The molecule has 0 bridgehead atoms. The molecule has 0 aliphatic heterocycles. The standard InChI is InChI=1S/C14H18N4OS/c1-10(15-2)11-4-3-5-12(6-11)18-14(19)17-8-13-7-16-9-20-13/h3-7,9-10,15H,8H2,1-2H3,(H2,17,18,19). The Morgan fingerprint density at radius 2 is 2.30 bits per heavy atom. The summed E-state index contributed by atoms with van der Waals surface area (Å²) in [5.41, 5.74) is 3.66. The van der Waals surface area contributed by atoms with E-state index in [1.807, 2.05) is 31.3 Å². The van der Waals surface area contributed by atoms with Crippen molar-refractivity contribution in [3.63, 3.8) is 0 Å². The second-order valence-electron chi connectivity index (χ2n) is 4.41. The number of hydrogen-bond acceptors (Lipinski definition) is 4. The van der Waals surface area contributed by atoms with E-state index in [2.05, 4.69) is 27.9 Å². The number of nitrogens with zero attached hydrogens (tertiary/aromatic N) is 1. The van der Waals surface area contributed by atoms with Crippen molar-refractivity contribution in [3.05, 3.63) is 46.4 Å². The third-order valence-corrected chi connectivity index (χ3v) is 3.76. The summed E-state index contributed by atoms with van der Waals surface area (Å²) in [6, 6.07) is 7.83. The molecule has 1 aromatic heterocycles. The minimum atomic E-state index is -0.215. The molecule has 1 heterocycles. The Bertz CT molecular complexity index is 556. The molecule has 2 amide bonds. The van der Waals surface area contributed by atoms with Crippen molar-refractivity contribution in [1.82, 2.24) is 15.6 Å². The van der Waals surface area contributed by atoms with Crippen molar-refractivity contribution in [3.8, 4) is 0 Å². The minimum absolute atomic E-state index is 0.215. The van der Waals surface area contributed by atoms with E-state index in [0.29, 0.717) is 6.54 Å². The van der Waals surface area contributed by atoms with Gasteiger partial charge in [-0.25, -0.2) is 4.79 Å². The zero-order valence-corrected chi connectivity index (χ0v) is 12.3. The number of aromatic nitrogens is 1. The molecule has 2 rings (SSSR count). The summed E-state index contributed by atoms with van der Waals surface area (Å²) in [7, 11) is 1.91. The van der Waals surface area contributed by atoms with E-state index in [1.165, 1.54) is 11.3 Å². The maximum atomic E-state index is 11.8. The molecule has 106 valence electrons. The molecule has 0 saturated carbocycles. The topological polar surface area (TPSA) is 66.0 Å².